The highest BCUT2D eigenvalue weighted by Gasteiger charge is 2.31. The number of hydrogen-bond acceptors (Lipinski definition) is 3. The smallest absolute Gasteiger partial charge is 0.353 e. The molecular weight excluding hydrogens is 367 g/mol. The van der Waals surface area contributed by atoms with Gasteiger partial charge in [-0.2, -0.15) is 13.2 Å². The van der Waals surface area contributed by atoms with Gasteiger partial charge in [0, 0.05) is 38.5 Å². The van der Waals surface area contributed by atoms with Crippen molar-refractivity contribution >= 4 is 17.8 Å². The fourth-order valence-corrected chi connectivity index (χ4v) is 3.18. The maximum Gasteiger partial charge on any atom is 0.417 e. The number of aryl methyl sites for hydroxylation is 2. The summed E-state index contributed by atoms with van der Waals surface area (Å²) >= 11 is 0. The minimum absolute atomic E-state index is 0.0694. The average molecular weight is 389 g/mol. The summed E-state index contributed by atoms with van der Waals surface area (Å²) in [6.45, 7) is 6.09. The van der Waals surface area contributed by atoms with Crippen LogP contribution in [0.2, 0.25) is 0 Å². The highest BCUT2D eigenvalue weighted by molar-refractivity contribution is 5.92. The number of carbonyl (C=O) groups is 1. The average Bonchev–Trinajstić information content (AvgIpc) is 2.67. The summed E-state index contributed by atoms with van der Waals surface area (Å²) in [6, 6.07) is 8.47. The number of carbonyl (C=O) groups excluding carboxylic acids is 1. The number of halogens is 3. The van der Waals surface area contributed by atoms with Gasteiger partial charge in [0.2, 0.25) is 5.91 Å². The van der Waals surface area contributed by atoms with Crippen molar-refractivity contribution in [2.45, 2.75) is 20.0 Å². The number of amides is 1. The number of aromatic nitrogens is 1. The summed E-state index contributed by atoms with van der Waals surface area (Å²) in [7, 11) is 0. The van der Waals surface area contributed by atoms with Crippen LogP contribution in [0.15, 0.2) is 42.6 Å². The maximum absolute atomic E-state index is 12.6. The molecule has 1 aliphatic heterocycles. The summed E-state index contributed by atoms with van der Waals surface area (Å²) in [5, 5.41) is 0. The van der Waals surface area contributed by atoms with E-state index in [1.54, 1.807) is 11.0 Å². The third-order valence-electron chi connectivity index (χ3n) is 4.82. The van der Waals surface area contributed by atoms with Gasteiger partial charge in [0.15, 0.2) is 0 Å². The molecule has 28 heavy (non-hydrogen) atoms. The van der Waals surface area contributed by atoms with E-state index in [1.165, 1.54) is 11.6 Å². The van der Waals surface area contributed by atoms with Crippen LogP contribution in [0, 0.1) is 13.8 Å². The zero-order valence-electron chi connectivity index (χ0n) is 15.8. The largest absolute Gasteiger partial charge is 0.417 e. The highest BCUT2D eigenvalue weighted by atomic mass is 19.4. The molecule has 148 valence electrons. The van der Waals surface area contributed by atoms with Crippen LogP contribution in [0.25, 0.3) is 6.08 Å². The van der Waals surface area contributed by atoms with Crippen molar-refractivity contribution < 1.29 is 18.0 Å². The summed E-state index contributed by atoms with van der Waals surface area (Å²) in [5.41, 5.74) is 2.53. The van der Waals surface area contributed by atoms with Crippen LogP contribution >= 0.6 is 0 Å². The van der Waals surface area contributed by atoms with Crippen molar-refractivity contribution in [3.8, 4) is 0 Å². The molecule has 4 nitrogen and oxygen atoms in total. The molecule has 0 radical (unpaired) electrons. The number of rotatable bonds is 3. The number of pyridine rings is 1. The number of hydrogen-bond donors (Lipinski definition) is 0. The second-order valence-corrected chi connectivity index (χ2v) is 6.91. The van der Waals surface area contributed by atoms with E-state index in [4.69, 9.17) is 0 Å². The summed E-state index contributed by atoms with van der Waals surface area (Å²) in [6.07, 6.45) is -0.150. The Labute approximate surface area is 162 Å². The molecule has 2 aromatic rings. The fraction of sp³-hybridized carbons (Fsp3) is 0.333. The number of nitrogens with zero attached hydrogens (tertiary/aromatic N) is 3. The van der Waals surface area contributed by atoms with Gasteiger partial charge in [0.05, 0.1) is 5.56 Å². The van der Waals surface area contributed by atoms with Crippen molar-refractivity contribution in [1.82, 2.24) is 9.88 Å². The van der Waals surface area contributed by atoms with E-state index < -0.39 is 11.7 Å². The zero-order chi connectivity index (χ0) is 20.3. The van der Waals surface area contributed by atoms with Crippen LogP contribution in [0.3, 0.4) is 0 Å². The van der Waals surface area contributed by atoms with Crippen molar-refractivity contribution in [2.24, 2.45) is 0 Å². The van der Waals surface area contributed by atoms with E-state index in [2.05, 4.69) is 11.1 Å². The van der Waals surface area contributed by atoms with E-state index in [0.717, 1.165) is 23.4 Å². The van der Waals surface area contributed by atoms with Gasteiger partial charge in [-0.15, -0.1) is 0 Å². The molecule has 0 unspecified atom stereocenters. The van der Waals surface area contributed by atoms with Gasteiger partial charge < -0.3 is 9.80 Å². The monoisotopic (exact) mass is 389 g/mol. The first kappa shape index (κ1) is 19.9. The molecular formula is C21H22F3N3O. The van der Waals surface area contributed by atoms with E-state index in [-0.39, 0.29) is 5.91 Å². The van der Waals surface area contributed by atoms with Crippen molar-refractivity contribution in [3.63, 3.8) is 0 Å². The van der Waals surface area contributed by atoms with Gasteiger partial charge in [-0.1, -0.05) is 23.8 Å². The van der Waals surface area contributed by atoms with Gasteiger partial charge in [-0.25, -0.2) is 4.98 Å². The molecule has 1 aromatic heterocycles. The molecule has 0 saturated carbocycles. The van der Waals surface area contributed by atoms with E-state index in [1.807, 2.05) is 37.0 Å². The Balaban J connectivity index is 1.57. The fourth-order valence-electron chi connectivity index (χ4n) is 3.18. The molecule has 1 aromatic carbocycles. The Bertz CT molecular complexity index is 867. The number of alkyl halides is 3. The van der Waals surface area contributed by atoms with Gasteiger partial charge in [-0.3, -0.25) is 4.79 Å². The molecule has 0 aliphatic carbocycles. The predicted octanol–water partition coefficient (Wildman–Crippen LogP) is 4.08. The molecule has 0 spiro atoms. The lowest BCUT2D eigenvalue weighted by molar-refractivity contribution is -0.137. The van der Waals surface area contributed by atoms with Crippen molar-refractivity contribution in [2.75, 3.05) is 31.1 Å². The van der Waals surface area contributed by atoms with Gasteiger partial charge in [0.1, 0.15) is 5.82 Å². The molecule has 0 bridgehead atoms. The van der Waals surface area contributed by atoms with Crippen LogP contribution in [0.5, 0.6) is 0 Å². The van der Waals surface area contributed by atoms with E-state index in [0.29, 0.717) is 32.0 Å². The second kappa shape index (κ2) is 8.04. The minimum Gasteiger partial charge on any atom is -0.353 e. The molecule has 0 N–H and O–H groups in total. The van der Waals surface area contributed by atoms with Gasteiger partial charge in [-0.05, 0) is 43.2 Å². The number of benzene rings is 1. The van der Waals surface area contributed by atoms with Gasteiger partial charge in [0.25, 0.3) is 0 Å². The molecule has 1 aliphatic rings. The van der Waals surface area contributed by atoms with Crippen molar-refractivity contribution in [3.05, 3.63) is 64.9 Å². The molecule has 0 atom stereocenters. The first-order valence-electron chi connectivity index (χ1n) is 9.06. The SMILES string of the molecule is Cc1ccc(/C=C/C(=O)N2CCN(c3ccc(C(F)(F)F)cn3)CC2)c(C)c1. The van der Waals surface area contributed by atoms with Crippen LogP contribution < -0.4 is 4.90 Å². The maximum atomic E-state index is 12.6. The van der Waals surface area contributed by atoms with Crippen LogP contribution in [0.4, 0.5) is 19.0 Å². The molecule has 3 rings (SSSR count). The van der Waals surface area contributed by atoms with Crippen LogP contribution in [-0.4, -0.2) is 42.0 Å². The first-order valence-corrected chi connectivity index (χ1v) is 9.06. The van der Waals surface area contributed by atoms with E-state index in [9.17, 15) is 18.0 Å². The van der Waals surface area contributed by atoms with Crippen molar-refractivity contribution in [1.29, 1.82) is 0 Å². The lowest BCUT2D eigenvalue weighted by Gasteiger charge is -2.35. The molecule has 1 amide bonds. The minimum atomic E-state index is -4.39. The topological polar surface area (TPSA) is 36.4 Å². The first-order chi connectivity index (χ1) is 13.2. The quantitative estimate of drug-likeness (QED) is 0.743. The summed E-state index contributed by atoms with van der Waals surface area (Å²) in [5.74, 6) is 0.422. The Kier molecular flexibility index (Phi) is 5.72. The third kappa shape index (κ3) is 4.71. The van der Waals surface area contributed by atoms with E-state index >= 15 is 0 Å². The Morgan fingerprint density at radius 1 is 1.07 bits per heavy atom. The number of piperazine rings is 1. The number of anilines is 1. The third-order valence-corrected chi connectivity index (χ3v) is 4.82. The van der Waals surface area contributed by atoms with Crippen LogP contribution in [0.1, 0.15) is 22.3 Å². The Morgan fingerprint density at radius 3 is 2.36 bits per heavy atom. The molecule has 1 saturated heterocycles. The molecule has 7 heteroatoms. The Hall–Kier alpha value is -2.83. The molecule has 2 heterocycles. The highest BCUT2D eigenvalue weighted by Crippen LogP contribution is 2.29. The zero-order valence-corrected chi connectivity index (χ0v) is 15.8. The summed E-state index contributed by atoms with van der Waals surface area (Å²) in [4.78, 5) is 20.0. The van der Waals surface area contributed by atoms with Gasteiger partial charge >= 0.3 is 6.18 Å². The predicted molar refractivity (Wildman–Crippen MR) is 103 cm³/mol. The lowest BCUT2D eigenvalue weighted by Crippen LogP contribution is -2.48. The standard InChI is InChI=1S/C21H22F3N3O/c1-15-3-4-17(16(2)13-15)5-8-20(28)27-11-9-26(10-12-27)19-7-6-18(14-25-19)21(22,23)24/h3-8,13-14H,9-12H2,1-2H3/b8-5+. The molecule has 1 fully saturated rings. The summed E-state index contributed by atoms with van der Waals surface area (Å²) < 4.78 is 37.9. The Morgan fingerprint density at radius 2 is 1.79 bits per heavy atom. The normalized spacial score (nSPS) is 15.3. The second-order valence-electron chi connectivity index (χ2n) is 6.91. The lowest BCUT2D eigenvalue weighted by atomic mass is 10.1. The van der Waals surface area contributed by atoms with Crippen LogP contribution in [-0.2, 0) is 11.0 Å².